The number of hydrogen-bond donors (Lipinski definition) is 2. The third kappa shape index (κ3) is 5.91. The third-order valence-corrected chi connectivity index (χ3v) is 3.88. The van der Waals surface area contributed by atoms with E-state index in [2.05, 4.69) is 38.0 Å². The second-order valence-corrected chi connectivity index (χ2v) is 6.29. The summed E-state index contributed by atoms with van der Waals surface area (Å²) >= 11 is 0. The van der Waals surface area contributed by atoms with Crippen LogP contribution < -0.4 is 5.32 Å². The van der Waals surface area contributed by atoms with Crippen molar-refractivity contribution in [2.45, 2.75) is 84.5 Å². The molecule has 0 aromatic heterocycles. The first-order valence-electron chi connectivity index (χ1n) is 7.37. The molecule has 3 unspecified atom stereocenters. The molecule has 0 heterocycles. The van der Waals surface area contributed by atoms with Crippen molar-refractivity contribution < 1.29 is 9.90 Å². The highest BCUT2D eigenvalue weighted by atomic mass is 16.4. The Morgan fingerprint density at radius 1 is 1.26 bits per heavy atom. The summed E-state index contributed by atoms with van der Waals surface area (Å²) in [5, 5.41) is 12.7. The van der Waals surface area contributed by atoms with Crippen LogP contribution in [0, 0.1) is 0 Å². The van der Waals surface area contributed by atoms with Crippen LogP contribution in [-0.2, 0) is 4.79 Å². The molecular weight excluding hydrogens is 240 g/mol. The fourth-order valence-electron chi connectivity index (χ4n) is 2.64. The standard InChI is InChI=1S/C15H32N2O2/c1-8-9-12(4)17(7)13(5)10-15(6,14(18)19)16-11(2)3/h11-13,16H,8-10H2,1-7H3,(H,18,19). The molecule has 0 saturated carbocycles. The average molecular weight is 272 g/mol. The normalized spacial score (nSPS) is 18.4. The van der Waals surface area contributed by atoms with Gasteiger partial charge in [0.05, 0.1) is 0 Å². The van der Waals surface area contributed by atoms with E-state index in [1.807, 2.05) is 13.8 Å². The van der Waals surface area contributed by atoms with E-state index in [4.69, 9.17) is 0 Å². The van der Waals surface area contributed by atoms with Crippen LogP contribution in [0.15, 0.2) is 0 Å². The molecule has 114 valence electrons. The molecule has 0 spiro atoms. The molecule has 0 fully saturated rings. The lowest BCUT2D eigenvalue weighted by molar-refractivity contribution is -0.145. The molecule has 0 rings (SSSR count). The highest BCUT2D eigenvalue weighted by molar-refractivity contribution is 5.78. The Labute approximate surface area is 118 Å². The summed E-state index contributed by atoms with van der Waals surface area (Å²) in [5.74, 6) is -0.774. The van der Waals surface area contributed by atoms with Crippen LogP contribution in [0.5, 0.6) is 0 Å². The van der Waals surface area contributed by atoms with Gasteiger partial charge in [-0.3, -0.25) is 10.1 Å². The number of hydrogen-bond acceptors (Lipinski definition) is 3. The van der Waals surface area contributed by atoms with Gasteiger partial charge in [-0.25, -0.2) is 0 Å². The number of carbonyl (C=O) groups is 1. The van der Waals surface area contributed by atoms with Crippen molar-refractivity contribution in [1.29, 1.82) is 0 Å². The first-order valence-corrected chi connectivity index (χ1v) is 7.37. The molecule has 0 aliphatic rings. The van der Waals surface area contributed by atoms with E-state index in [1.165, 1.54) is 0 Å². The summed E-state index contributed by atoms with van der Waals surface area (Å²) in [6.07, 6.45) is 2.89. The van der Waals surface area contributed by atoms with Crippen molar-refractivity contribution in [3.63, 3.8) is 0 Å². The van der Waals surface area contributed by atoms with Gasteiger partial charge in [-0.2, -0.15) is 0 Å². The molecule has 4 heteroatoms. The monoisotopic (exact) mass is 272 g/mol. The Morgan fingerprint density at radius 3 is 2.16 bits per heavy atom. The smallest absolute Gasteiger partial charge is 0.323 e. The molecule has 0 bridgehead atoms. The van der Waals surface area contributed by atoms with E-state index in [-0.39, 0.29) is 12.1 Å². The van der Waals surface area contributed by atoms with Gasteiger partial charge in [0.1, 0.15) is 5.54 Å². The van der Waals surface area contributed by atoms with Crippen LogP contribution in [0.2, 0.25) is 0 Å². The van der Waals surface area contributed by atoms with Crippen LogP contribution in [0.3, 0.4) is 0 Å². The van der Waals surface area contributed by atoms with Gasteiger partial charge in [-0.1, -0.05) is 13.3 Å². The molecule has 4 nitrogen and oxygen atoms in total. The summed E-state index contributed by atoms with van der Waals surface area (Å²) in [5.41, 5.74) is -0.867. The largest absolute Gasteiger partial charge is 0.480 e. The summed E-state index contributed by atoms with van der Waals surface area (Å²) < 4.78 is 0. The van der Waals surface area contributed by atoms with Gasteiger partial charge in [-0.05, 0) is 54.5 Å². The van der Waals surface area contributed by atoms with Crippen LogP contribution in [0.4, 0.5) is 0 Å². The fraction of sp³-hybridized carbons (Fsp3) is 0.933. The summed E-state index contributed by atoms with van der Waals surface area (Å²) in [6, 6.07) is 0.873. The van der Waals surface area contributed by atoms with Crippen molar-refractivity contribution in [2.75, 3.05) is 7.05 Å². The summed E-state index contributed by atoms with van der Waals surface area (Å²) in [7, 11) is 2.09. The minimum Gasteiger partial charge on any atom is -0.480 e. The van der Waals surface area contributed by atoms with Gasteiger partial charge in [0.15, 0.2) is 0 Å². The maximum absolute atomic E-state index is 11.5. The molecule has 0 aliphatic carbocycles. The lowest BCUT2D eigenvalue weighted by atomic mass is 9.91. The predicted molar refractivity (Wildman–Crippen MR) is 80.5 cm³/mol. The fourth-order valence-corrected chi connectivity index (χ4v) is 2.64. The lowest BCUT2D eigenvalue weighted by Gasteiger charge is -2.37. The number of carboxylic acid groups (broad SMARTS) is 1. The Hall–Kier alpha value is -0.610. The van der Waals surface area contributed by atoms with Crippen molar-refractivity contribution in [1.82, 2.24) is 10.2 Å². The zero-order chi connectivity index (χ0) is 15.2. The van der Waals surface area contributed by atoms with Gasteiger partial charge < -0.3 is 10.0 Å². The van der Waals surface area contributed by atoms with E-state index >= 15 is 0 Å². The molecule has 0 aromatic carbocycles. The first kappa shape index (κ1) is 18.4. The quantitative estimate of drug-likeness (QED) is 0.677. The zero-order valence-corrected chi connectivity index (χ0v) is 13.7. The highest BCUT2D eigenvalue weighted by Crippen LogP contribution is 2.19. The molecular formula is C15H32N2O2. The number of nitrogens with one attached hydrogen (secondary N) is 1. The number of nitrogens with zero attached hydrogens (tertiary/aromatic N) is 1. The minimum atomic E-state index is -0.867. The lowest BCUT2D eigenvalue weighted by Crippen LogP contribution is -2.56. The van der Waals surface area contributed by atoms with E-state index < -0.39 is 11.5 Å². The van der Waals surface area contributed by atoms with Crippen LogP contribution in [0.1, 0.15) is 60.8 Å². The van der Waals surface area contributed by atoms with Crippen LogP contribution in [0.25, 0.3) is 0 Å². The van der Waals surface area contributed by atoms with E-state index in [1.54, 1.807) is 6.92 Å². The van der Waals surface area contributed by atoms with Gasteiger partial charge in [0.25, 0.3) is 0 Å². The molecule has 19 heavy (non-hydrogen) atoms. The molecule has 0 aromatic rings. The molecule has 0 saturated heterocycles. The number of rotatable bonds is 9. The molecule has 0 amide bonds. The Balaban J connectivity index is 4.71. The average Bonchev–Trinajstić information content (AvgIpc) is 2.26. The second kappa shape index (κ2) is 7.85. The predicted octanol–water partition coefficient (Wildman–Crippen LogP) is 2.73. The van der Waals surface area contributed by atoms with Crippen LogP contribution >= 0.6 is 0 Å². The Morgan fingerprint density at radius 2 is 1.79 bits per heavy atom. The highest BCUT2D eigenvalue weighted by Gasteiger charge is 2.36. The molecule has 3 atom stereocenters. The third-order valence-electron chi connectivity index (χ3n) is 3.88. The van der Waals surface area contributed by atoms with E-state index in [0.29, 0.717) is 12.5 Å². The SMILES string of the molecule is CCCC(C)N(C)C(C)CC(C)(NC(C)C)C(=O)O. The number of aliphatic carboxylic acids is 1. The van der Waals surface area contributed by atoms with E-state index in [0.717, 1.165) is 12.8 Å². The molecule has 0 radical (unpaired) electrons. The van der Waals surface area contributed by atoms with Crippen LogP contribution in [-0.4, -0.2) is 46.7 Å². The number of carboxylic acids is 1. The van der Waals surface area contributed by atoms with E-state index in [9.17, 15) is 9.90 Å². The van der Waals surface area contributed by atoms with Crippen molar-refractivity contribution >= 4 is 5.97 Å². The van der Waals surface area contributed by atoms with Gasteiger partial charge in [0, 0.05) is 18.1 Å². The van der Waals surface area contributed by atoms with Gasteiger partial charge >= 0.3 is 5.97 Å². The molecule has 0 aliphatic heterocycles. The zero-order valence-electron chi connectivity index (χ0n) is 13.7. The van der Waals surface area contributed by atoms with Gasteiger partial charge in [-0.15, -0.1) is 0 Å². The van der Waals surface area contributed by atoms with Crippen molar-refractivity contribution in [2.24, 2.45) is 0 Å². The van der Waals surface area contributed by atoms with Crippen molar-refractivity contribution in [3.05, 3.63) is 0 Å². The minimum absolute atomic E-state index is 0.159. The van der Waals surface area contributed by atoms with Crippen molar-refractivity contribution in [3.8, 4) is 0 Å². The second-order valence-electron chi connectivity index (χ2n) is 6.29. The summed E-state index contributed by atoms with van der Waals surface area (Å²) in [6.45, 7) is 12.2. The molecule has 2 N–H and O–H groups in total. The topological polar surface area (TPSA) is 52.6 Å². The van der Waals surface area contributed by atoms with Gasteiger partial charge in [0.2, 0.25) is 0 Å². The Bertz CT molecular complexity index is 281. The maximum Gasteiger partial charge on any atom is 0.323 e. The first-order chi connectivity index (χ1) is 8.64. The summed E-state index contributed by atoms with van der Waals surface area (Å²) in [4.78, 5) is 13.8. The maximum atomic E-state index is 11.5. The Kier molecular flexibility index (Phi) is 7.60.